The van der Waals surface area contributed by atoms with Crippen LogP contribution in [0.2, 0.25) is 5.02 Å². The number of rotatable bonds is 4. The van der Waals surface area contributed by atoms with Crippen molar-refractivity contribution in [2.75, 3.05) is 7.11 Å². The summed E-state index contributed by atoms with van der Waals surface area (Å²) in [6, 6.07) is -0.167. The molecule has 1 rings (SSSR count). The van der Waals surface area contributed by atoms with Crippen molar-refractivity contribution >= 4 is 11.6 Å². The fourth-order valence-corrected chi connectivity index (χ4v) is 1.85. The van der Waals surface area contributed by atoms with Crippen molar-refractivity contribution in [1.82, 2.24) is 9.78 Å². The van der Waals surface area contributed by atoms with Crippen LogP contribution in [0.1, 0.15) is 32.0 Å². The second-order valence-corrected chi connectivity index (χ2v) is 4.68. The number of nitrogens with two attached hydrogens (primary N) is 1. The molecule has 15 heavy (non-hydrogen) atoms. The van der Waals surface area contributed by atoms with Crippen LogP contribution in [0.5, 0.6) is 0 Å². The lowest BCUT2D eigenvalue weighted by Gasteiger charge is -2.26. The molecule has 1 aromatic rings. The average Bonchev–Trinajstić information content (AvgIpc) is 2.45. The van der Waals surface area contributed by atoms with Gasteiger partial charge in [-0.25, -0.2) is 0 Å². The van der Waals surface area contributed by atoms with Gasteiger partial charge < -0.3 is 10.5 Å². The fourth-order valence-electron chi connectivity index (χ4n) is 1.55. The number of methoxy groups -OCH3 is 1. The van der Waals surface area contributed by atoms with Crippen molar-refractivity contribution < 1.29 is 4.74 Å². The number of ether oxygens (including phenoxy) is 1. The summed E-state index contributed by atoms with van der Waals surface area (Å²) in [5.74, 6) is 0. The van der Waals surface area contributed by atoms with E-state index >= 15 is 0 Å². The van der Waals surface area contributed by atoms with Crippen molar-refractivity contribution in [3.05, 3.63) is 16.9 Å². The van der Waals surface area contributed by atoms with E-state index in [0.717, 1.165) is 5.69 Å². The summed E-state index contributed by atoms with van der Waals surface area (Å²) in [5, 5.41) is 4.67. The van der Waals surface area contributed by atoms with E-state index in [-0.39, 0.29) is 11.6 Å². The molecule has 4 nitrogen and oxygen atoms in total. The molecule has 5 heteroatoms. The number of nitrogens with zero attached hydrogens (tertiary/aromatic N) is 2. The smallest absolute Gasteiger partial charge is 0.0833 e. The van der Waals surface area contributed by atoms with Crippen LogP contribution in [-0.2, 0) is 11.8 Å². The minimum Gasteiger partial charge on any atom is -0.379 e. The van der Waals surface area contributed by atoms with E-state index in [1.165, 1.54) is 0 Å². The highest BCUT2D eigenvalue weighted by Crippen LogP contribution is 2.28. The minimum absolute atomic E-state index is 0.167. The molecule has 0 amide bonds. The second kappa shape index (κ2) is 4.51. The largest absolute Gasteiger partial charge is 0.379 e. The minimum atomic E-state index is -0.257. The van der Waals surface area contributed by atoms with Gasteiger partial charge in [-0.15, -0.1) is 0 Å². The molecule has 1 aromatic heterocycles. The molecule has 0 aliphatic rings. The first-order chi connectivity index (χ1) is 6.87. The van der Waals surface area contributed by atoms with Crippen LogP contribution in [-0.4, -0.2) is 22.5 Å². The van der Waals surface area contributed by atoms with Crippen molar-refractivity contribution in [3.63, 3.8) is 0 Å². The third-order valence-electron chi connectivity index (χ3n) is 2.55. The summed E-state index contributed by atoms with van der Waals surface area (Å²) in [5.41, 5.74) is 6.67. The van der Waals surface area contributed by atoms with E-state index in [0.29, 0.717) is 11.4 Å². The third kappa shape index (κ3) is 2.93. The van der Waals surface area contributed by atoms with Crippen LogP contribution in [0.15, 0.2) is 6.20 Å². The molecule has 0 spiro atoms. The molecule has 0 saturated carbocycles. The predicted octanol–water partition coefficient (Wildman–Crippen LogP) is 1.89. The zero-order valence-electron chi connectivity index (χ0n) is 9.62. The average molecular weight is 232 g/mol. The van der Waals surface area contributed by atoms with Gasteiger partial charge in [0.25, 0.3) is 0 Å². The summed E-state index contributed by atoms with van der Waals surface area (Å²) in [6.45, 7) is 3.99. The Labute approximate surface area is 95.3 Å². The SMILES string of the molecule is COC(C)(C)CC(N)c1c(Cl)cnn1C. The highest BCUT2D eigenvalue weighted by molar-refractivity contribution is 6.31. The Kier molecular flexibility index (Phi) is 3.76. The van der Waals surface area contributed by atoms with E-state index in [2.05, 4.69) is 5.10 Å². The van der Waals surface area contributed by atoms with Gasteiger partial charge in [-0.2, -0.15) is 5.10 Å². The van der Waals surface area contributed by atoms with Crippen molar-refractivity contribution in [2.45, 2.75) is 31.9 Å². The molecule has 0 fully saturated rings. The molecule has 0 bridgehead atoms. The van der Waals surface area contributed by atoms with E-state index in [1.54, 1.807) is 18.0 Å². The van der Waals surface area contributed by atoms with Crippen LogP contribution in [0, 0.1) is 0 Å². The predicted molar refractivity (Wildman–Crippen MR) is 60.9 cm³/mol. The number of halogens is 1. The first kappa shape index (κ1) is 12.5. The molecule has 1 atom stereocenters. The Bertz CT molecular complexity index is 316. The summed E-state index contributed by atoms with van der Waals surface area (Å²) < 4.78 is 7.04. The first-order valence-corrected chi connectivity index (χ1v) is 5.23. The van der Waals surface area contributed by atoms with Crippen LogP contribution in [0.3, 0.4) is 0 Å². The number of aromatic nitrogens is 2. The quantitative estimate of drug-likeness (QED) is 0.861. The van der Waals surface area contributed by atoms with Gasteiger partial charge in [0.1, 0.15) is 0 Å². The first-order valence-electron chi connectivity index (χ1n) is 4.85. The van der Waals surface area contributed by atoms with Crippen molar-refractivity contribution in [1.29, 1.82) is 0 Å². The maximum absolute atomic E-state index is 6.08. The van der Waals surface area contributed by atoms with Gasteiger partial charge in [0.05, 0.1) is 28.6 Å². The Hall–Kier alpha value is -0.580. The molecule has 0 saturated heterocycles. The highest BCUT2D eigenvalue weighted by Gasteiger charge is 2.24. The highest BCUT2D eigenvalue weighted by atomic mass is 35.5. The Balaban J connectivity index is 2.82. The van der Waals surface area contributed by atoms with Gasteiger partial charge in [-0.05, 0) is 20.3 Å². The molecule has 0 aliphatic carbocycles. The number of hydrogen-bond acceptors (Lipinski definition) is 3. The normalized spacial score (nSPS) is 14.3. The molecule has 2 N–H and O–H groups in total. The van der Waals surface area contributed by atoms with E-state index in [4.69, 9.17) is 22.1 Å². The van der Waals surface area contributed by atoms with Gasteiger partial charge in [0.2, 0.25) is 0 Å². The zero-order valence-corrected chi connectivity index (χ0v) is 10.4. The molecule has 1 heterocycles. The monoisotopic (exact) mass is 231 g/mol. The summed E-state index contributed by atoms with van der Waals surface area (Å²) in [7, 11) is 3.51. The number of aryl methyl sites for hydroxylation is 1. The lowest BCUT2D eigenvalue weighted by atomic mass is 9.97. The van der Waals surface area contributed by atoms with E-state index in [1.807, 2.05) is 20.9 Å². The number of hydrogen-bond donors (Lipinski definition) is 1. The van der Waals surface area contributed by atoms with Crippen LogP contribution >= 0.6 is 11.6 Å². The van der Waals surface area contributed by atoms with E-state index in [9.17, 15) is 0 Å². The Morgan fingerprint density at radius 2 is 2.27 bits per heavy atom. The molecule has 0 radical (unpaired) electrons. The van der Waals surface area contributed by atoms with Gasteiger partial charge in [-0.3, -0.25) is 4.68 Å². The van der Waals surface area contributed by atoms with Crippen molar-refractivity contribution in [3.8, 4) is 0 Å². The molecule has 86 valence electrons. The van der Waals surface area contributed by atoms with Gasteiger partial charge in [0, 0.05) is 14.2 Å². The maximum Gasteiger partial charge on any atom is 0.0833 e. The molecule has 0 aliphatic heterocycles. The standard InChI is InChI=1S/C10H18ClN3O/c1-10(2,15-4)5-8(12)9-7(11)6-13-14(9)3/h6,8H,5,12H2,1-4H3. The lowest BCUT2D eigenvalue weighted by Crippen LogP contribution is -2.29. The lowest BCUT2D eigenvalue weighted by molar-refractivity contribution is 0.00943. The summed E-state index contributed by atoms with van der Waals surface area (Å²) in [6.07, 6.45) is 2.30. The summed E-state index contributed by atoms with van der Waals surface area (Å²) >= 11 is 6.01. The summed E-state index contributed by atoms with van der Waals surface area (Å²) in [4.78, 5) is 0. The van der Waals surface area contributed by atoms with Crippen LogP contribution in [0.25, 0.3) is 0 Å². The molecular weight excluding hydrogens is 214 g/mol. The molecule has 1 unspecified atom stereocenters. The van der Waals surface area contributed by atoms with Crippen molar-refractivity contribution in [2.24, 2.45) is 12.8 Å². The Morgan fingerprint density at radius 1 is 1.67 bits per heavy atom. The van der Waals surface area contributed by atoms with E-state index < -0.39 is 0 Å². The fraction of sp³-hybridized carbons (Fsp3) is 0.700. The zero-order chi connectivity index (χ0) is 11.6. The van der Waals surface area contributed by atoms with Crippen LogP contribution < -0.4 is 5.73 Å². The third-order valence-corrected chi connectivity index (χ3v) is 2.84. The molecular formula is C10H18ClN3O. The molecule has 0 aromatic carbocycles. The van der Waals surface area contributed by atoms with Gasteiger partial charge in [-0.1, -0.05) is 11.6 Å². The second-order valence-electron chi connectivity index (χ2n) is 4.28. The Morgan fingerprint density at radius 3 is 2.67 bits per heavy atom. The topological polar surface area (TPSA) is 53.1 Å². The van der Waals surface area contributed by atoms with Gasteiger partial charge in [0.15, 0.2) is 0 Å². The van der Waals surface area contributed by atoms with Crippen LogP contribution in [0.4, 0.5) is 0 Å². The van der Waals surface area contributed by atoms with Gasteiger partial charge >= 0.3 is 0 Å². The maximum atomic E-state index is 6.08.